The number of amides is 1. The average molecular weight is 397 g/mol. The highest BCUT2D eigenvalue weighted by Crippen LogP contribution is 2.23. The molecule has 0 unspecified atom stereocenters. The molecule has 5 nitrogen and oxygen atoms in total. The zero-order valence-corrected chi connectivity index (χ0v) is 14.7. The van der Waals surface area contributed by atoms with Crippen molar-refractivity contribution in [3.8, 4) is 6.07 Å². The van der Waals surface area contributed by atoms with Gasteiger partial charge in [-0.15, -0.1) is 11.8 Å². The summed E-state index contributed by atoms with van der Waals surface area (Å²) in [6.45, 7) is -0.553. The number of esters is 1. The first-order valence-corrected chi connectivity index (χ1v) is 8.48. The number of carbonyl (C=O) groups excluding carboxylic acids is 2. The van der Waals surface area contributed by atoms with Crippen molar-refractivity contribution in [2.75, 3.05) is 17.7 Å². The number of carbonyl (C=O) groups is 2. The van der Waals surface area contributed by atoms with E-state index in [1.807, 2.05) is 6.07 Å². The SMILES string of the molecule is N#Cc1ccc(NC(=O)COC(=O)CSc2cc(F)ccc2F)cc1Cl. The van der Waals surface area contributed by atoms with Crippen LogP contribution in [0, 0.1) is 23.0 Å². The van der Waals surface area contributed by atoms with Gasteiger partial charge in [0.25, 0.3) is 5.91 Å². The number of thioether (sulfide) groups is 1. The van der Waals surface area contributed by atoms with Crippen LogP contribution in [-0.4, -0.2) is 24.2 Å². The van der Waals surface area contributed by atoms with Gasteiger partial charge in [-0.1, -0.05) is 11.6 Å². The Morgan fingerprint density at radius 2 is 2.00 bits per heavy atom. The number of halogens is 3. The summed E-state index contributed by atoms with van der Waals surface area (Å²) in [5.41, 5.74) is 0.601. The minimum Gasteiger partial charge on any atom is -0.455 e. The Balaban J connectivity index is 1.80. The molecule has 2 aromatic rings. The lowest BCUT2D eigenvalue weighted by Crippen LogP contribution is -2.21. The molecule has 0 saturated heterocycles. The first kappa shape index (κ1) is 19.7. The summed E-state index contributed by atoms with van der Waals surface area (Å²) in [6.07, 6.45) is 0. The number of hydrogen-bond acceptors (Lipinski definition) is 5. The Morgan fingerprint density at radius 1 is 1.23 bits per heavy atom. The standard InChI is InChI=1S/C17H11ClF2N2O3S/c18-13-6-12(3-1-10(13)7-21)22-16(23)8-25-17(24)9-26-15-5-11(19)2-4-14(15)20/h1-6H,8-9H2,(H,22,23). The molecule has 0 radical (unpaired) electrons. The van der Waals surface area contributed by atoms with Crippen LogP contribution in [0.25, 0.3) is 0 Å². The number of ether oxygens (including phenoxy) is 1. The molecule has 0 aromatic heterocycles. The number of rotatable bonds is 6. The summed E-state index contributed by atoms with van der Waals surface area (Å²) in [5, 5.41) is 11.4. The zero-order valence-electron chi connectivity index (χ0n) is 13.1. The number of nitrogens with one attached hydrogen (secondary N) is 1. The number of nitrogens with zero attached hydrogens (tertiary/aromatic N) is 1. The fourth-order valence-corrected chi connectivity index (χ4v) is 2.77. The van der Waals surface area contributed by atoms with Gasteiger partial charge < -0.3 is 10.1 Å². The van der Waals surface area contributed by atoms with Gasteiger partial charge in [-0.05, 0) is 36.4 Å². The summed E-state index contributed by atoms with van der Waals surface area (Å²) < 4.78 is 31.2. The van der Waals surface area contributed by atoms with Gasteiger partial charge in [0.2, 0.25) is 0 Å². The first-order valence-electron chi connectivity index (χ1n) is 7.12. The van der Waals surface area contributed by atoms with Crippen LogP contribution in [-0.2, 0) is 14.3 Å². The highest BCUT2D eigenvalue weighted by Gasteiger charge is 2.12. The van der Waals surface area contributed by atoms with E-state index in [4.69, 9.17) is 21.6 Å². The van der Waals surface area contributed by atoms with Crippen molar-refractivity contribution in [3.05, 3.63) is 58.6 Å². The van der Waals surface area contributed by atoms with Gasteiger partial charge >= 0.3 is 5.97 Å². The van der Waals surface area contributed by atoms with Crippen LogP contribution in [0.5, 0.6) is 0 Å². The van der Waals surface area contributed by atoms with E-state index in [1.165, 1.54) is 18.2 Å². The summed E-state index contributed by atoms with van der Waals surface area (Å²) in [7, 11) is 0. The predicted molar refractivity (Wildman–Crippen MR) is 92.8 cm³/mol. The Labute approximate surface area is 156 Å². The van der Waals surface area contributed by atoms with E-state index in [1.54, 1.807) is 0 Å². The largest absolute Gasteiger partial charge is 0.455 e. The van der Waals surface area contributed by atoms with E-state index in [9.17, 15) is 18.4 Å². The van der Waals surface area contributed by atoms with E-state index in [0.29, 0.717) is 5.69 Å². The van der Waals surface area contributed by atoms with Crippen LogP contribution in [0.4, 0.5) is 14.5 Å². The molecule has 0 aliphatic heterocycles. The van der Waals surface area contributed by atoms with E-state index in [2.05, 4.69) is 5.32 Å². The summed E-state index contributed by atoms with van der Waals surface area (Å²) >= 11 is 6.61. The van der Waals surface area contributed by atoms with Gasteiger partial charge in [-0.2, -0.15) is 5.26 Å². The number of benzene rings is 2. The molecule has 2 rings (SSSR count). The average Bonchev–Trinajstić information content (AvgIpc) is 2.61. The van der Waals surface area contributed by atoms with Crippen LogP contribution in [0.1, 0.15) is 5.56 Å². The second kappa shape index (κ2) is 9.17. The van der Waals surface area contributed by atoms with Crippen LogP contribution < -0.4 is 5.32 Å². The molecule has 0 aliphatic rings. The van der Waals surface area contributed by atoms with E-state index in [0.717, 1.165) is 30.0 Å². The third kappa shape index (κ3) is 5.72. The highest BCUT2D eigenvalue weighted by molar-refractivity contribution is 8.00. The lowest BCUT2D eigenvalue weighted by molar-refractivity contribution is -0.144. The second-order valence-electron chi connectivity index (χ2n) is 4.88. The smallest absolute Gasteiger partial charge is 0.316 e. The highest BCUT2D eigenvalue weighted by atomic mass is 35.5. The third-order valence-electron chi connectivity index (χ3n) is 2.98. The Kier molecular flexibility index (Phi) is 6.95. The van der Waals surface area contributed by atoms with E-state index in [-0.39, 0.29) is 21.2 Å². The first-order chi connectivity index (χ1) is 12.4. The van der Waals surface area contributed by atoms with E-state index < -0.39 is 30.1 Å². The number of hydrogen-bond donors (Lipinski definition) is 1. The monoisotopic (exact) mass is 396 g/mol. The molecule has 0 bridgehead atoms. The van der Waals surface area contributed by atoms with Gasteiger partial charge in [0.15, 0.2) is 6.61 Å². The number of anilines is 1. The molecule has 0 heterocycles. The van der Waals surface area contributed by atoms with Crippen molar-refractivity contribution < 1.29 is 23.1 Å². The van der Waals surface area contributed by atoms with Crippen molar-refractivity contribution in [3.63, 3.8) is 0 Å². The molecule has 26 heavy (non-hydrogen) atoms. The summed E-state index contributed by atoms with van der Waals surface area (Å²) in [6, 6.07) is 9.09. The fourth-order valence-electron chi connectivity index (χ4n) is 1.79. The maximum Gasteiger partial charge on any atom is 0.316 e. The fraction of sp³-hybridized carbons (Fsp3) is 0.118. The third-order valence-corrected chi connectivity index (χ3v) is 4.29. The van der Waals surface area contributed by atoms with Crippen molar-refractivity contribution >= 4 is 40.9 Å². The second-order valence-corrected chi connectivity index (χ2v) is 6.30. The molecule has 0 atom stereocenters. The summed E-state index contributed by atoms with van der Waals surface area (Å²) in [4.78, 5) is 23.3. The maximum absolute atomic E-state index is 13.4. The van der Waals surface area contributed by atoms with Crippen LogP contribution in [0.2, 0.25) is 5.02 Å². The molecule has 9 heteroatoms. The normalized spacial score (nSPS) is 10.1. The molecule has 134 valence electrons. The van der Waals surface area contributed by atoms with Crippen LogP contribution in [0.3, 0.4) is 0 Å². The molecule has 0 spiro atoms. The maximum atomic E-state index is 13.4. The molecule has 0 aliphatic carbocycles. The topological polar surface area (TPSA) is 79.2 Å². The minimum absolute atomic E-state index is 0.0291. The van der Waals surface area contributed by atoms with Gasteiger partial charge in [0.05, 0.1) is 16.3 Å². The Bertz CT molecular complexity index is 887. The van der Waals surface area contributed by atoms with Crippen molar-refractivity contribution in [2.45, 2.75) is 4.90 Å². The predicted octanol–water partition coefficient (Wildman–Crippen LogP) is 3.76. The van der Waals surface area contributed by atoms with Gasteiger partial charge in [-0.3, -0.25) is 9.59 Å². The molecular weight excluding hydrogens is 386 g/mol. The molecule has 0 saturated carbocycles. The Hall–Kier alpha value is -2.63. The van der Waals surface area contributed by atoms with Crippen LogP contribution in [0.15, 0.2) is 41.3 Å². The lowest BCUT2D eigenvalue weighted by atomic mass is 10.2. The van der Waals surface area contributed by atoms with Gasteiger partial charge in [0, 0.05) is 10.6 Å². The van der Waals surface area contributed by atoms with Crippen LogP contribution >= 0.6 is 23.4 Å². The van der Waals surface area contributed by atoms with Gasteiger partial charge in [-0.25, -0.2) is 8.78 Å². The van der Waals surface area contributed by atoms with Crippen molar-refractivity contribution in [1.29, 1.82) is 5.26 Å². The molecule has 0 fully saturated rings. The number of nitriles is 1. The lowest BCUT2D eigenvalue weighted by Gasteiger charge is -2.07. The van der Waals surface area contributed by atoms with E-state index >= 15 is 0 Å². The molecular formula is C17H11ClF2N2O3S. The molecule has 1 N–H and O–H groups in total. The minimum atomic E-state index is -0.758. The molecule has 2 aromatic carbocycles. The Morgan fingerprint density at radius 3 is 2.69 bits per heavy atom. The molecule has 1 amide bonds. The zero-order chi connectivity index (χ0) is 19.1. The van der Waals surface area contributed by atoms with Gasteiger partial charge in [0.1, 0.15) is 17.7 Å². The van der Waals surface area contributed by atoms with Crippen molar-refractivity contribution in [2.24, 2.45) is 0 Å². The van der Waals surface area contributed by atoms with Crippen molar-refractivity contribution in [1.82, 2.24) is 0 Å². The summed E-state index contributed by atoms with van der Waals surface area (Å²) in [5.74, 6) is -2.92. The quantitative estimate of drug-likeness (QED) is 0.594.